The molecule has 1 N–H and O–H groups in total. The Kier molecular flexibility index (Phi) is 5.77. The lowest BCUT2D eigenvalue weighted by atomic mass is 10.1. The van der Waals surface area contributed by atoms with Crippen molar-refractivity contribution in [1.82, 2.24) is 25.0 Å². The average molecular weight is 472 g/mol. The lowest BCUT2D eigenvalue weighted by molar-refractivity contribution is -0.121. The van der Waals surface area contributed by atoms with E-state index in [0.717, 1.165) is 21.7 Å². The fourth-order valence-corrected chi connectivity index (χ4v) is 4.24. The second kappa shape index (κ2) is 9.03. The lowest BCUT2D eigenvalue weighted by Crippen LogP contribution is -2.28. The van der Waals surface area contributed by atoms with E-state index in [1.165, 1.54) is 0 Å². The zero-order valence-corrected chi connectivity index (χ0v) is 19.4. The van der Waals surface area contributed by atoms with E-state index in [1.807, 2.05) is 55.6 Å². The number of thiophene rings is 1. The number of nitrogens with one attached hydrogen (secondary N) is 1. The van der Waals surface area contributed by atoms with E-state index >= 15 is 0 Å². The molecule has 1 aromatic carbocycles. The summed E-state index contributed by atoms with van der Waals surface area (Å²) < 4.78 is 7.10. The lowest BCUT2D eigenvalue weighted by Gasteiger charge is -2.12. The molecule has 0 unspecified atom stereocenters. The first kappa shape index (κ1) is 21.7. The van der Waals surface area contributed by atoms with Crippen molar-refractivity contribution in [2.24, 2.45) is 0 Å². The first-order chi connectivity index (χ1) is 16.5. The van der Waals surface area contributed by atoms with Gasteiger partial charge in [0.2, 0.25) is 17.2 Å². The molecule has 5 aromatic rings. The number of hydrogen-bond acceptors (Lipinski definition) is 7. The minimum atomic E-state index is -0.281. The van der Waals surface area contributed by atoms with Crippen LogP contribution in [0.1, 0.15) is 16.1 Å². The molecule has 5 rings (SSSR count). The molecule has 8 nitrogen and oxygen atoms in total. The molecular formula is C25H21N5O3S. The van der Waals surface area contributed by atoms with E-state index in [0.29, 0.717) is 23.4 Å². The van der Waals surface area contributed by atoms with Gasteiger partial charge in [0.05, 0.1) is 11.9 Å². The molecule has 0 aliphatic carbocycles. The number of pyridine rings is 2. The van der Waals surface area contributed by atoms with Crippen molar-refractivity contribution in [2.45, 2.75) is 26.9 Å². The number of carbonyl (C=O) groups is 1. The molecule has 4 aromatic heterocycles. The Hall–Kier alpha value is -4.11. The fraction of sp³-hybridized carbons (Fsp3) is 0.160. The van der Waals surface area contributed by atoms with Crippen LogP contribution in [0, 0.1) is 13.8 Å². The molecule has 4 heterocycles. The number of aromatic nitrogens is 4. The highest BCUT2D eigenvalue weighted by Crippen LogP contribution is 2.22. The van der Waals surface area contributed by atoms with Gasteiger partial charge in [-0.05, 0) is 37.4 Å². The molecule has 0 saturated carbocycles. The third-order valence-corrected chi connectivity index (χ3v) is 6.26. The number of hydrogen-bond donors (Lipinski definition) is 1. The molecule has 1 amide bonds. The van der Waals surface area contributed by atoms with E-state index in [2.05, 4.69) is 20.4 Å². The minimum Gasteiger partial charge on any atom is -0.350 e. The molecule has 0 aliphatic heterocycles. The third kappa shape index (κ3) is 4.38. The molecule has 0 aliphatic rings. The van der Waals surface area contributed by atoms with Crippen molar-refractivity contribution >= 4 is 28.3 Å². The average Bonchev–Trinajstić information content (AvgIpc) is 3.52. The molecule has 0 saturated heterocycles. The third-order valence-electron chi connectivity index (χ3n) is 5.38. The van der Waals surface area contributed by atoms with Crippen LogP contribution in [0.15, 0.2) is 69.4 Å². The molecule has 0 atom stereocenters. The normalized spacial score (nSPS) is 11.1. The van der Waals surface area contributed by atoms with Crippen LogP contribution >= 0.6 is 11.3 Å². The van der Waals surface area contributed by atoms with Crippen LogP contribution in [0.5, 0.6) is 0 Å². The monoisotopic (exact) mass is 471 g/mol. The summed E-state index contributed by atoms with van der Waals surface area (Å²) in [7, 11) is 0. The summed E-state index contributed by atoms with van der Waals surface area (Å²) in [6.45, 7) is 4.27. The predicted molar refractivity (Wildman–Crippen MR) is 130 cm³/mol. The van der Waals surface area contributed by atoms with Crippen LogP contribution in [0.2, 0.25) is 0 Å². The molecule has 0 bridgehead atoms. The Balaban J connectivity index is 1.52. The number of benzene rings is 1. The SMILES string of the molecule is Cc1ccc(-c2noc(-c3cn(CC(=O)NCc4cccs4)c4nc(C)ccc4c3=O)n2)cc1. The van der Waals surface area contributed by atoms with Crippen molar-refractivity contribution in [1.29, 1.82) is 0 Å². The van der Waals surface area contributed by atoms with Crippen LogP contribution in [0.4, 0.5) is 0 Å². The Morgan fingerprint density at radius 2 is 1.91 bits per heavy atom. The summed E-state index contributed by atoms with van der Waals surface area (Å²) in [5.74, 6) is 0.283. The highest BCUT2D eigenvalue weighted by molar-refractivity contribution is 7.09. The van der Waals surface area contributed by atoms with Gasteiger partial charge in [-0.2, -0.15) is 4.98 Å². The molecule has 9 heteroatoms. The molecule has 0 radical (unpaired) electrons. The maximum absolute atomic E-state index is 13.3. The van der Waals surface area contributed by atoms with Crippen molar-refractivity contribution < 1.29 is 9.32 Å². The van der Waals surface area contributed by atoms with Crippen LogP contribution < -0.4 is 10.7 Å². The van der Waals surface area contributed by atoms with Gasteiger partial charge in [-0.1, -0.05) is 41.1 Å². The van der Waals surface area contributed by atoms with Gasteiger partial charge < -0.3 is 14.4 Å². The zero-order chi connectivity index (χ0) is 23.7. The van der Waals surface area contributed by atoms with Crippen LogP contribution in [0.3, 0.4) is 0 Å². The van der Waals surface area contributed by atoms with Crippen LogP contribution in [-0.2, 0) is 17.9 Å². The number of aryl methyl sites for hydroxylation is 2. The summed E-state index contributed by atoms with van der Waals surface area (Å²) >= 11 is 1.58. The Labute approximate surface area is 198 Å². The Morgan fingerprint density at radius 1 is 1.09 bits per heavy atom. The first-order valence-corrected chi connectivity index (χ1v) is 11.6. The van der Waals surface area contributed by atoms with Gasteiger partial charge in [0.1, 0.15) is 17.8 Å². The van der Waals surface area contributed by atoms with Crippen molar-refractivity contribution in [3.05, 3.63) is 86.5 Å². The molecular weight excluding hydrogens is 450 g/mol. The number of rotatable bonds is 6. The number of amides is 1. The van der Waals surface area contributed by atoms with E-state index in [9.17, 15) is 9.59 Å². The maximum Gasteiger partial charge on any atom is 0.263 e. The van der Waals surface area contributed by atoms with E-state index in [1.54, 1.807) is 34.2 Å². The highest BCUT2D eigenvalue weighted by atomic mass is 32.1. The van der Waals surface area contributed by atoms with E-state index < -0.39 is 0 Å². The standard InChI is InChI=1S/C25H21N5O3S/c1-15-5-8-17(9-6-15)23-28-25(33-29-23)20-13-30(14-21(31)26-12-18-4-3-11-34-18)24-19(22(20)32)10-7-16(2)27-24/h3-11,13H,12,14H2,1-2H3,(H,26,31). The van der Waals surface area contributed by atoms with Gasteiger partial charge in [0, 0.05) is 22.3 Å². The number of fused-ring (bicyclic) bond motifs is 1. The molecule has 34 heavy (non-hydrogen) atoms. The van der Waals surface area contributed by atoms with Gasteiger partial charge in [-0.25, -0.2) is 4.98 Å². The summed E-state index contributed by atoms with van der Waals surface area (Å²) in [6, 6.07) is 15.1. The number of nitrogens with zero attached hydrogens (tertiary/aromatic N) is 4. The van der Waals surface area contributed by atoms with Crippen LogP contribution in [0.25, 0.3) is 33.9 Å². The van der Waals surface area contributed by atoms with Crippen molar-refractivity contribution in [3.63, 3.8) is 0 Å². The van der Waals surface area contributed by atoms with Gasteiger partial charge in [-0.3, -0.25) is 9.59 Å². The zero-order valence-electron chi connectivity index (χ0n) is 18.6. The predicted octanol–water partition coefficient (Wildman–Crippen LogP) is 4.11. The van der Waals surface area contributed by atoms with Gasteiger partial charge >= 0.3 is 0 Å². The van der Waals surface area contributed by atoms with Crippen LogP contribution in [-0.4, -0.2) is 25.6 Å². The summed E-state index contributed by atoms with van der Waals surface area (Å²) in [5.41, 5.74) is 3.01. The molecule has 0 spiro atoms. The quantitative estimate of drug-likeness (QED) is 0.400. The highest BCUT2D eigenvalue weighted by Gasteiger charge is 2.19. The smallest absolute Gasteiger partial charge is 0.263 e. The summed E-state index contributed by atoms with van der Waals surface area (Å²) in [6.07, 6.45) is 1.56. The second-order valence-electron chi connectivity index (χ2n) is 7.97. The Bertz CT molecular complexity index is 1540. The molecule has 0 fully saturated rings. The first-order valence-electron chi connectivity index (χ1n) is 10.7. The van der Waals surface area contributed by atoms with E-state index in [4.69, 9.17) is 4.52 Å². The maximum atomic E-state index is 13.3. The fourth-order valence-electron chi connectivity index (χ4n) is 3.59. The van der Waals surface area contributed by atoms with Gasteiger partial charge in [-0.15, -0.1) is 11.3 Å². The van der Waals surface area contributed by atoms with Crippen molar-refractivity contribution in [3.8, 4) is 22.8 Å². The van der Waals surface area contributed by atoms with E-state index in [-0.39, 0.29) is 29.3 Å². The second-order valence-corrected chi connectivity index (χ2v) is 9.00. The molecule has 170 valence electrons. The number of carbonyl (C=O) groups excluding carboxylic acids is 1. The Morgan fingerprint density at radius 3 is 2.68 bits per heavy atom. The topological polar surface area (TPSA) is 103 Å². The summed E-state index contributed by atoms with van der Waals surface area (Å²) in [4.78, 5) is 36.0. The minimum absolute atomic E-state index is 0.00936. The summed E-state index contributed by atoms with van der Waals surface area (Å²) in [5, 5.41) is 9.30. The van der Waals surface area contributed by atoms with Gasteiger partial charge in [0.25, 0.3) is 5.89 Å². The van der Waals surface area contributed by atoms with Gasteiger partial charge in [0.15, 0.2) is 0 Å². The largest absolute Gasteiger partial charge is 0.350 e. The van der Waals surface area contributed by atoms with Crippen molar-refractivity contribution in [2.75, 3.05) is 0 Å².